The Morgan fingerprint density at radius 3 is 2.06 bits per heavy atom. The zero-order chi connectivity index (χ0) is 35.5. The molecule has 1 aliphatic carbocycles. The third-order valence-corrected chi connectivity index (χ3v) is 10.7. The van der Waals surface area contributed by atoms with E-state index in [-0.39, 0.29) is 41.2 Å². The number of hydrogen-bond acceptors (Lipinski definition) is 7. The second-order valence-electron chi connectivity index (χ2n) is 12.3. The molecule has 0 radical (unpaired) electrons. The van der Waals surface area contributed by atoms with Crippen molar-refractivity contribution in [3.63, 3.8) is 0 Å². The fourth-order valence-electron chi connectivity index (χ4n) is 6.29. The molecule has 0 aromatic heterocycles. The summed E-state index contributed by atoms with van der Waals surface area (Å²) in [5.74, 6) is 0.345. The Morgan fingerprint density at radius 2 is 1.40 bits per heavy atom. The minimum atomic E-state index is -4.32. The standard InChI is InChI=1S/C39H45N3O7S/c1-47-32-19-13-16-30(24-32)27-41(36(25-29-14-7-4-8-15-29)39(44)40-31-17-9-5-10-18-31)38(43)28-42(50(45,46)34-20-11-6-12-21-34)35-26-33(48-2)22-23-37(35)49-3/h4,6-8,11-16,19-24,26,31,36H,5,9-10,17-18,25,27-28H2,1-3H3,(H,40,44). The molecular formula is C39H45N3O7S. The average Bonchev–Trinajstić information content (AvgIpc) is 3.16. The summed E-state index contributed by atoms with van der Waals surface area (Å²) in [5.41, 5.74) is 1.71. The van der Waals surface area contributed by atoms with Crippen LogP contribution in [0.1, 0.15) is 43.2 Å². The summed E-state index contributed by atoms with van der Waals surface area (Å²) in [4.78, 5) is 30.7. The Hall–Kier alpha value is -5.03. The van der Waals surface area contributed by atoms with Gasteiger partial charge in [0, 0.05) is 25.1 Å². The zero-order valence-electron chi connectivity index (χ0n) is 28.8. The minimum Gasteiger partial charge on any atom is -0.497 e. The molecule has 5 rings (SSSR count). The van der Waals surface area contributed by atoms with E-state index in [1.807, 2.05) is 48.5 Å². The number of sulfonamides is 1. The molecule has 0 heterocycles. The Balaban J connectivity index is 1.61. The number of ether oxygens (including phenoxy) is 3. The van der Waals surface area contributed by atoms with Gasteiger partial charge in [-0.25, -0.2) is 8.42 Å². The van der Waals surface area contributed by atoms with Crippen molar-refractivity contribution in [3.05, 3.63) is 114 Å². The Bertz CT molecular complexity index is 1830. The highest BCUT2D eigenvalue weighted by atomic mass is 32.2. The Morgan fingerprint density at radius 1 is 0.760 bits per heavy atom. The number of carbonyl (C=O) groups is 2. The van der Waals surface area contributed by atoms with Gasteiger partial charge >= 0.3 is 0 Å². The van der Waals surface area contributed by atoms with Gasteiger partial charge in [0.25, 0.3) is 10.0 Å². The number of rotatable bonds is 15. The summed E-state index contributed by atoms with van der Waals surface area (Å²) in [6, 6.07) is 28.5. The molecular weight excluding hydrogens is 655 g/mol. The molecule has 1 saturated carbocycles. The lowest BCUT2D eigenvalue weighted by Crippen LogP contribution is -2.55. The molecule has 4 aromatic rings. The lowest BCUT2D eigenvalue weighted by molar-refractivity contribution is -0.140. The molecule has 0 aliphatic heterocycles. The third kappa shape index (κ3) is 8.95. The van der Waals surface area contributed by atoms with E-state index >= 15 is 0 Å². The van der Waals surface area contributed by atoms with Crippen molar-refractivity contribution in [2.24, 2.45) is 0 Å². The van der Waals surface area contributed by atoms with E-state index in [1.165, 1.54) is 37.3 Å². The number of amides is 2. The maximum absolute atomic E-state index is 14.9. The predicted molar refractivity (Wildman–Crippen MR) is 193 cm³/mol. The van der Waals surface area contributed by atoms with E-state index in [0.29, 0.717) is 11.5 Å². The monoisotopic (exact) mass is 699 g/mol. The van der Waals surface area contributed by atoms with Gasteiger partial charge in [-0.15, -0.1) is 0 Å². The fraction of sp³-hybridized carbons (Fsp3) is 0.333. The van der Waals surface area contributed by atoms with Crippen molar-refractivity contribution in [2.75, 3.05) is 32.2 Å². The smallest absolute Gasteiger partial charge is 0.264 e. The molecule has 11 heteroatoms. The molecule has 1 fully saturated rings. The van der Waals surface area contributed by atoms with Gasteiger partial charge in [0.05, 0.1) is 31.9 Å². The molecule has 1 aliphatic rings. The van der Waals surface area contributed by atoms with Gasteiger partial charge in [0.2, 0.25) is 11.8 Å². The summed E-state index contributed by atoms with van der Waals surface area (Å²) in [7, 11) is 0.145. The molecule has 0 bridgehead atoms. The number of anilines is 1. The van der Waals surface area contributed by atoms with Crippen LogP contribution in [-0.2, 0) is 32.6 Å². The summed E-state index contributed by atoms with van der Waals surface area (Å²) >= 11 is 0. The lowest BCUT2D eigenvalue weighted by Gasteiger charge is -2.35. The van der Waals surface area contributed by atoms with Crippen molar-refractivity contribution in [1.82, 2.24) is 10.2 Å². The topological polar surface area (TPSA) is 114 Å². The minimum absolute atomic E-state index is 0.000652. The second-order valence-corrected chi connectivity index (χ2v) is 14.1. The van der Waals surface area contributed by atoms with E-state index in [9.17, 15) is 18.0 Å². The first kappa shape index (κ1) is 36.3. The van der Waals surface area contributed by atoms with E-state index in [4.69, 9.17) is 14.2 Å². The molecule has 264 valence electrons. The van der Waals surface area contributed by atoms with Crippen LogP contribution < -0.4 is 23.8 Å². The van der Waals surface area contributed by atoms with Gasteiger partial charge in [0.15, 0.2) is 0 Å². The third-order valence-electron chi connectivity index (χ3n) is 8.97. The number of hydrogen-bond donors (Lipinski definition) is 1. The van der Waals surface area contributed by atoms with Crippen LogP contribution in [0, 0.1) is 0 Å². The fourth-order valence-corrected chi connectivity index (χ4v) is 7.73. The van der Waals surface area contributed by atoms with Crippen molar-refractivity contribution in [1.29, 1.82) is 0 Å². The normalized spacial score (nSPS) is 13.9. The Labute approximate surface area is 295 Å². The van der Waals surface area contributed by atoms with E-state index < -0.39 is 28.5 Å². The van der Waals surface area contributed by atoms with Crippen molar-refractivity contribution in [3.8, 4) is 17.2 Å². The molecule has 1 N–H and O–H groups in total. The highest BCUT2D eigenvalue weighted by molar-refractivity contribution is 7.92. The van der Waals surface area contributed by atoms with Gasteiger partial charge in [-0.05, 0) is 60.4 Å². The van der Waals surface area contributed by atoms with Crippen LogP contribution in [0.5, 0.6) is 17.2 Å². The summed E-state index contributed by atoms with van der Waals surface area (Å²) in [6.07, 6.45) is 5.13. The van der Waals surface area contributed by atoms with Gasteiger partial charge in [-0.2, -0.15) is 0 Å². The Kier molecular flexibility index (Phi) is 12.4. The second kappa shape index (κ2) is 17.1. The van der Waals surface area contributed by atoms with Gasteiger partial charge in [-0.1, -0.05) is 79.9 Å². The van der Waals surface area contributed by atoms with E-state index in [0.717, 1.165) is 47.5 Å². The molecule has 1 unspecified atom stereocenters. The van der Waals surface area contributed by atoms with Crippen LogP contribution in [0.3, 0.4) is 0 Å². The number of nitrogens with zero attached hydrogens (tertiary/aromatic N) is 2. The zero-order valence-corrected chi connectivity index (χ0v) is 29.6. The van der Waals surface area contributed by atoms with Crippen molar-refractivity contribution >= 4 is 27.5 Å². The van der Waals surface area contributed by atoms with Crippen molar-refractivity contribution in [2.45, 2.75) is 62.0 Å². The lowest BCUT2D eigenvalue weighted by atomic mass is 9.94. The first-order chi connectivity index (χ1) is 24.2. The molecule has 1 atom stereocenters. The average molecular weight is 700 g/mol. The van der Waals surface area contributed by atoms with Gasteiger partial charge in [-0.3, -0.25) is 13.9 Å². The quantitative estimate of drug-likeness (QED) is 0.162. The molecule has 4 aromatic carbocycles. The SMILES string of the molecule is COc1cccc(CN(C(=O)CN(c2cc(OC)ccc2OC)S(=O)(=O)c2ccccc2)C(Cc2ccccc2)C(=O)NC2CCCCC2)c1. The maximum atomic E-state index is 14.9. The molecule has 0 spiro atoms. The van der Waals surface area contributed by atoms with E-state index in [1.54, 1.807) is 43.5 Å². The molecule has 50 heavy (non-hydrogen) atoms. The first-order valence-corrected chi connectivity index (χ1v) is 18.2. The van der Waals surface area contributed by atoms with Gasteiger partial charge in [0.1, 0.15) is 29.8 Å². The summed E-state index contributed by atoms with van der Waals surface area (Å²) in [5, 5.41) is 3.23. The number of nitrogens with one attached hydrogen (secondary N) is 1. The molecule has 0 saturated heterocycles. The molecule has 10 nitrogen and oxygen atoms in total. The van der Waals surface area contributed by atoms with Crippen LogP contribution >= 0.6 is 0 Å². The number of methoxy groups -OCH3 is 3. The highest BCUT2D eigenvalue weighted by Crippen LogP contribution is 2.36. The largest absolute Gasteiger partial charge is 0.497 e. The van der Waals surface area contributed by atoms with Crippen LogP contribution in [0.4, 0.5) is 5.69 Å². The highest BCUT2D eigenvalue weighted by Gasteiger charge is 2.36. The number of carbonyl (C=O) groups excluding carboxylic acids is 2. The summed E-state index contributed by atoms with van der Waals surface area (Å²) in [6.45, 7) is -0.590. The van der Waals surface area contributed by atoms with Crippen LogP contribution in [0.25, 0.3) is 0 Å². The van der Waals surface area contributed by atoms with Crippen molar-refractivity contribution < 1.29 is 32.2 Å². The maximum Gasteiger partial charge on any atom is 0.264 e. The van der Waals surface area contributed by atoms with Gasteiger partial charge < -0.3 is 24.4 Å². The summed E-state index contributed by atoms with van der Waals surface area (Å²) < 4.78 is 46.4. The van der Waals surface area contributed by atoms with Crippen LogP contribution in [-0.4, -0.2) is 65.1 Å². The predicted octanol–water partition coefficient (Wildman–Crippen LogP) is 6.00. The van der Waals surface area contributed by atoms with E-state index in [2.05, 4.69) is 5.32 Å². The van der Waals surface area contributed by atoms with Crippen LogP contribution in [0.15, 0.2) is 108 Å². The molecule has 2 amide bonds. The first-order valence-electron chi connectivity index (χ1n) is 16.8. The number of benzene rings is 4. The van der Waals surface area contributed by atoms with Crippen LogP contribution in [0.2, 0.25) is 0 Å².